The van der Waals surface area contributed by atoms with Gasteiger partial charge in [0.05, 0.1) is 0 Å². The van der Waals surface area contributed by atoms with Crippen molar-refractivity contribution in [3.8, 4) is 5.75 Å². The summed E-state index contributed by atoms with van der Waals surface area (Å²) in [6.45, 7) is 10.8. The molecule has 0 aromatic heterocycles. The van der Waals surface area contributed by atoms with Gasteiger partial charge in [-0.3, -0.25) is 0 Å². The molecular formula is C16H25ClNO2-. The summed E-state index contributed by atoms with van der Waals surface area (Å²) in [7, 11) is 0. The van der Waals surface area contributed by atoms with Crippen LogP contribution in [-0.2, 0) is 6.42 Å². The maximum Gasteiger partial charge on any atom is 0.122 e. The lowest BCUT2D eigenvalue weighted by atomic mass is 10.1. The third-order valence-electron chi connectivity index (χ3n) is 3.13. The van der Waals surface area contributed by atoms with Crippen LogP contribution in [0.15, 0.2) is 36.9 Å². The van der Waals surface area contributed by atoms with Crippen molar-refractivity contribution in [1.29, 1.82) is 0 Å². The Bertz CT molecular complexity index is 380. The quantitative estimate of drug-likeness (QED) is 0.624. The van der Waals surface area contributed by atoms with E-state index in [0.29, 0.717) is 13.2 Å². The number of benzene rings is 1. The zero-order chi connectivity index (χ0) is 14.1. The molecule has 0 radical (unpaired) electrons. The molecule has 0 saturated carbocycles. The SMILES string of the molecule is C=CCc1ccccc1OCC(O)CN(CC)CC.[Cl-]. The predicted molar refractivity (Wildman–Crippen MR) is 79.6 cm³/mol. The van der Waals surface area contributed by atoms with Gasteiger partial charge in [0.15, 0.2) is 0 Å². The highest BCUT2D eigenvalue weighted by Crippen LogP contribution is 2.18. The Labute approximate surface area is 128 Å². The van der Waals surface area contributed by atoms with Crippen molar-refractivity contribution in [2.24, 2.45) is 0 Å². The molecule has 1 aromatic rings. The summed E-state index contributed by atoms with van der Waals surface area (Å²) in [5.41, 5.74) is 1.10. The van der Waals surface area contributed by atoms with Gasteiger partial charge in [0.2, 0.25) is 0 Å². The number of aliphatic hydroxyl groups is 1. The number of ether oxygens (including phenoxy) is 1. The van der Waals surface area contributed by atoms with Crippen LogP contribution >= 0.6 is 0 Å². The second-order valence-corrected chi connectivity index (χ2v) is 4.55. The Balaban J connectivity index is 0.00000361. The van der Waals surface area contributed by atoms with E-state index in [1.54, 1.807) is 0 Å². The van der Waals surface area contributed by atoms with Crippen LogP contribution in [0.25, 0.3) is 0 Å². The number of likely N-dealkylation sites (N-methyl/N-ethyl adjacent to an activating group) is 1. The first-order valence-electron chi connectivity index (χ1n) is 6.93. The Kier molecular flexibility index (Phi) is 10.2. The lowest BCUT2D eigenvalue weighted by molar-refractivity contribution is -0.00000618. The molecule has 0 heterocycles. The minimum absolute atomic E-state index is 0. The predicted octanol–water partition coefficient (Wildman–Crippen LogP) is -0.499. The zero-order valence-corrected chi connectivity index (χ0v) is 13.1. The van der Waals surface area contributed by atoms with Crippen molar-refractivity contribution in [2.75, 3.05) is 26.2 Å². The van der Waals surface area contributed by atoms with E-state index in [1.165, 1.54) is 0 Å². The maximum atomic E-state index is 9.98. The second kappa shape index (κ2) is 10.7. The van der Waals surface area contributed by atoms with Gasteiger partial charge in [-0.15, -0.1) is 6.58 Å². The van der Waals surface area contributed by atoms with Gasteiger partial charge >= 0.3 is 0 Å². The molecule has 0 bridgehead atoms. The Morgan fingerprint density at radius 1 is 1.30 bits per heavy atom. The first kappa shape index (κ1) is 19.0. The summed E-state index contributed by atoms with van der Waals surface area (Å²) >= 11 is 0. The number of hydrogen-bond donors (Lipinski definition) is 1. The van der Waals surface area contributed by atoms with Gasteiger partial charge in [-0.1, -0.05) is 38.1 Å². The molecule has 0 aliphatic carbocycles. The Hall–Kier alpha value is -1.03. The molecule has 1 aromatic carbocycles. The normalized spacial score (nSPS) is 11.8. The van der Waals surface area contributed by atoms with E-state index < -0.39 is 6.10 Å². The molecule has 114 valence electrons. The molecule has 0 saturated heterocycles. The molecule has 0 spiro atoms. The van der Waals surface area contributed by atoms with Crippen LogP contribution in [-0.4, -0.2) is 42.4 Å². The van der Waals surface area contributed by atoms with Crippen LogP contribution in [0.1, 0.15) is 19.4 Å². The molecule has 0 amide bonds. The molecule has 20 heavy (non-hydrogen) atoms. The average Bonchev–Trinajstić information content (AvgIpc) is 2.44. The summed E-state index contributed by atoms with van der Waals surface area (Å²) in [4.78, 5) is 2.18. The van der Waals surface area contributed by atoms with Crippen LogP contribution in [0.3, 0.4) is 0 Å². The molecular weight excluding hydrogens is 274 g/mol. The van der Waals surface area contributed by atoms with E-state index in [9.17, 15) is 5.11 Å². The molecule has 0 fully saturated rings. The standard InChI is InChI=1S/C16H25NO2.ClH/c1-4-9-14-10-7-8-11-16(14)19-13-15(18)12-17(5-2)6-3;/h4,7-8,10-11,15,18H,1,5-6,9,12-13H2,2-3H3;1H/p-1. The number of halogens is 1. The van der Waals surface area contributed by atoms with Gasteiger partial charge in [0.1, 0.15) is 18.5 Å². The summed E-state index contributed by atoms with van der Waals surface area (Å²) in [6.07, 6.45) is 2.17. The molecule has 3 nitrogen and oxygen atoms in total. The van der Waals surface area contributed by atoms with Crippen molar-refractivity contribution < 1.29 is 22.3 Å². The molecule has 1 rings (SSSR count). The number of allylic oxidation sites excluding steroid dienone is 1. The number of para-hydroxylation sites is 1. The molecule has 1 unspecified atom stereocenters. The zero-order valence-electron chi connectivity index (χ0n) is 12.4. The minimum Gasteiger partial charge on any atom is -1.00 e. The lowest BCUT2D eigenvalue weighted by Gasteiger charge is -2.22. The van der Waals surface area contributed by atoms with Gasteiger partial charge in [-0.05, 0) is 31.1 Å². The lowest BCUT2D eigenvalue weighted by Crippen LogP contribution is -3.00. The highest BCUT2D eigenvalue weighted by Gasteiger charge is 2.10. The van der Waals surface area contributed by atoms with E-state index in [2.05, 4.69) is 25.3 Å². The van der Waals surface area contributed by atoms with Crippen LogP contribution in [0.5, 0.6) is 5.75 Å². The van der Waals surface area contributed by atoms with Crippen molar-refractivity contribution >= 4 is 0 Å². The summed E-state index contributed by atoms with van der Waals surface area (Å²) in [5.74, 6) is 0.834. The topological polar surface area (TPSA) is 32.7 Å². The summed E-state index contributed by atoms with van der Waals surface area (Å²) in [6, 6.07) is 7.88. The highest BCUT2D eigenvalue weighted by atomic mass is 35.5. The third kappa shape index (κ3) is 6.42. The maximum absolute atomic E-state index is 9.98. The summed E-state index contributed by atoms with van der Waals surface area (Å²) in [5, 5.41) is 9.98. The molecule has 4 heteroatoms. The number of aliphatic hydroxyl groups excluding tert-OH is 1. The molecule has 1 atom stereocenters. The van der Waals surface area contributed by atoms with E-state index in [-0.39, 0.29) is 12.4 Å². The second-order valence-electron chi connectivity index (χ2n) is 4.55. The van der Waals surface area contributed by atoms with E-state index in [4.69, 9.17) is 4.74 Å². The summed E-state index contributed by atoms with van der Waals surface area (Å²) < 4.78 is 5.72. The highest BCUT2D eigenvalue weighted by molar-refractivity contribution is 5.34. The van der Waals surface area contributed by atoms with Crippen molar-refractivity contribution in [3.05, 3.63) is 42.5 Å². The van der Waals surface area contributed by atoms with E-state index in [0.717, 1.165) is 30.8 Å². The third-order valence-corrected chi connectivity index (χ3v) is 3.13. The fourth-order valence-electron chi connectivity index (χ4n) is 1.99. The van der Waals surface area contributed by atoms with Gasteiger partial charge in [-0.2, -0.15) is 0 Å². The van der Waals surface area contributed by atoms with Gasteiger partial charge in [0, 0.05) is 6.54 Å². The molecule has 0 aliphatic heterocycles. The van der Waals surface area contributed by atoms with Crippen LogP contribution < -0.4 is 17.1 Å². The largest absolute Gasteiger partial charge is 1.00 e. The number of rotatable bonds is 9. The number of hydrogen-bond acceptors (Lipinski definition) is 3. The van der Waals surface area contributed by atoms with Crippen molar-refractivity contribution in [3.63, 3.8) is 0 Å². The first-order chi connectivity index (χ1) is 9.21. The molecule has 1 N–H and O–H groups in total. The number of nitrogens with zero attached hydrogens (tertiary/aromatic N) is 1. The van der Waals surface area contributed by atoms with Gasteiger partial charge in [0.25, 0.3) is 0 Å². The van der Waals surface area contributed by atoms with E-state index >= 15 is 0 Å². The minimum atomic E-state index is -0.461. The fraction of sp³-hybridized carbons (Fsp3) is 0.500. The fourth-order valence-corrected chi connectivity index (χ4v) is 1.99. The van der Waals surface area contributed by atoms with Gasteiger partial charge < -0.3 is 27.2 Å². The monoisotopic (exact) mass is 298 g/mol. The van der Waals surface area contributed by atoms with Crippen molar-refractivity contribution in [1.82, 2.24) is 4.90 Å². The van der Waals surface area contributed by atoms with Crippen molar-refractivity contribution in [2.45, 2.75) is 26.4 Å². The van der Waals surface area contributed by atoms with Crippen LogP contribution in [0.4, 0.5) is 0 Å². The Morgan fingerprint density at radius 3 is 2.55 bits per heavy atom. The van der Waals surface area contributed by atoms with Crippen LogP contribution in [0, 0.1) is 0 Å². The van der Waals surface area contributed by atoms with Crippen LogP contribution in [0.2, 0.25) is 0 Å². The first-order valence-corrected chi connectivity index (χ1v) is 6.93. The van der Waals surface area contributed by atoms with Gasteiger partial charge in [-0.25, -0.2) is 0 Å². The smallest absolute Gasteiger partial charge is 0.122 e. The Morgan fingerprint density at radius 2 is 1.95 bits per heavy atom. The van der Waals surface area contributed by atoms with E-state index in [1.807, 2.05) is 30.3 Å². The molecule has 0 aliphatic rings. The average molecular weight is 299 g/mol.